The van der Waals surface area contributed by atoms with E-state index >= 15 is 0 Å². The van der Waals surface area contributed by atoms with E-state index in [1.54, 1.807) is 43.3 Å². The number of hydrogen-bond acceptors (Lipinski definition) is 4. The van der Waals surface area contributed by atoms with Crippen molar-refractivity contribution in [3.63, 3.8) is 0 Å². The minimum Gasteiger partial charge on any atom is -0.354 e. The van der Waals surface area contributed by atoms with Crippen molar-refractivity contribution in [3.8, 4) is 0 Å². The molecular weight excluding hydrogens is 474 g/mol. The molecule has 0 aliphatic heterocycles. The first-order chi connectivity index (χ1) is 15.9. The van der Waals surface area contributed by atoms with Gasteiger partial charge in [0.05, 0.1) is 11.9 Å². The lowest BCUT2D eigenvalue weighted by Crippen LogP contribution is -2.51. The highest BCUT2D eigenvalue weighted by atomic mass is 35.5. The Kier molecular flexibility index (Phi) is 9.94. The van der Waals surface area contributed by atoms with E-state index in [1.165, 1.54) is 4.90 Å². The van der Waals surface area contributed by atoms with Gasteiger partial charge in [0.1, 0.15) is 12.6 Å². The summed E-state index contributed by atoms with van der Waals surface area (Å²) in [5.41, 5.74) is 2.84. The zero-order chi connectivity index (χ0) is 25.5. The van der Waals surface area contributed by atoms with Crippen LogP contribution in [0.4, 0.5) is 5.69 Å². The molecule has 2 amide bonds. The van der Waals surface area contributed by atoms with E-state index in [9.17, 15) is 18.0 Å². The van der Waals surface area contributed by atoms with Gasteiger partial charge in [0.25, 0.3) is 0 Å². The maximum absolute atomic E-state index is 13.5. The molecule has 1 N–H and O–H groups in total. The molecule has 0 bridgehead atoms. The van der Waals surface area contributed by atoms with Gasteiger partial charge in [0, 0.05) is 18.1 Å². The molecule has 0 fully saturated rings. The Labute approximate surface area is 208 Å². The number of anilines is 1. The Morgan fingerprint density at radius 3 is 2.26 bits per heavy atom. The normalized spacial score (nSPS) is 12.2. The molecule has 0 radical (unpaired) electrons. The van der Waals surface area contributed by atoms with Crippen molar-refractivity contribution < 1.29 is 18.0 Å². The molecule has 0 heterocycles. The standard InChI is InChI=1S/C25H34ClN3O4S/c1-6-7-12-27-25(31)20(4)28(16-21-10-8-9-11-23(21)26)24(30)17-29(34(5,32)33)22-14-18(2)13-19(3)15-22/h8-11,13-15,20H,6-7,12,16-17H2,1-5H3,(H,27,31). The average Bonchev–Trinajstić information content (AvgIpc) is 2.74. The zero-order valence-electron chi connectivity index (χ0n) is 20.5. The molecule has 7 nitrogen and oxygen atoms in total. The van der Waals surface area contributed by atoms with E-state index in [0.29, 0.717) is 22.8 Å². The van der Waals surface area contributed by atoms with E-state index in [0.717, 1.165) is 34.5 Å². The van der Waals surface area contributed by atoms with E-state index < -0.39 is 28.5 Å². The number of carbonyl (C=O) groups excluding carboxylic acids is 2. The van der Waals surface area contributed by atoms with Crippen LogP contribution in [0.5, 0.6) is 0 Å². The first kappa shape index (κ1) is 27.7. The molecule has 0 spiro atoms. The number of unbranched alkanes of at least 4 members (excludes halogenated alkanes) is 1. The predicted octanol–water partition coefficient (Wildman–Crippen LogP) is 4.06. The SMILES string of the molecule is CCCCNC(=O)C(C)N(Cc1ccccc1Cl)C(=O)CN(c1cc(C)cc(C)c1)S(C)(=O)=O. The summed E-state index contributed by atoms with van der Waals surface area (Å²) in [6.07, 6.45) is 2.82. The number of amides is 2. The number of nitrogens with zero attached hydrogens (tertiary/aromatic N) is 2. The van der Waals surface area contributed by atoms with Crippen molar-refractivity contribution >= 4 is 39.1 Å². The molecule has 2 rings (SSSR count). The molecule has 0 saturated heterocycles. The summed E-state index contributed by atoms with van der Waals surface area (Å²) < 4.78 is 26.4. The third-order valence-electron chi connectivity index (χ3n) is 5.47. The fraction of sp³-hybridized carbons (Fsp3) is 0.440. The molecule has 1 atom stereocenters. The Morgan fingerprint density at radius 2 is 1.71 bits per heavy atom. The van der Waals surface area contributed by atoms with Crippen LogP contribution in [0, 0.1) is 13.8 Å². The summed E-state index contributed by atoms with van der Waals surface area (Å²) in [6, 6.07) is 11.6. The number of hydrogen-bond donors (Lipinski definition) is 1. The number of halogens is 1. The lowest BCUT2D eigenvalue weighted by atomic mass is 10.1. The van der Waals surface area contributed by atoms with Crippen molar-refractivity contribution in [2.75, 3.05) is 23.7 Å². The molecule has 2 aromatic carbocycles. The summed E-state index contributed by atoms with van der Waals surface area (Å²) in [6.45, 7) is 7.54. The van der Waals surface area contributed by atoms with Gasteiger partial charge in [-0.05, 0) is 62.1 Å². The van der Waals surface area contributed by atoms with Crippen LogP contribution >= 0.6 is 11.6 Å². The molecule has 186 valence electrons. The smallest absolute Gasteiger partial charge is 0.244 e. The van der Waals surface area contributed by atoms with Crippen molar-refractivity contribution in [1.82, 2.24) is 10.2 Å². The quantitative estimate of drug-likeness (QED) is 0.465. The van der Waals surface area contributed by atoms with Gasteiger partial charge < -0.3 is 10.2 Å². The van der Waals surface area contributed by atoms with Crippen molar-refractivity contribution in [2.24, 2.45) is 0 Å². The molecule has 0 saturated carbocycles. The average molecular weight is 508 g/mol. The first-order valence-electron chi connectivity index (χ1n) is 11.3. The highest BCUT2D eigenvalue weighted by molar-refractivity contribution is 7.92. The third kappa shape index (κ3) is 7.74. The lowest BCUT2D eigenvalue weighted by Gasteiger charge is -2.32. The van der Waals surface area contributed by atoms with Gasteiger partial charge in [-0.15, -0.1) is 0 Å². The second kappa shape index (κ2) is 12.2. The van der Waals surface area contributed by atoms with Crippen LogP contribution in [0.25, 0.3) is 0 Å². The fourth-order valence-corrected chi connectivity index (χ4v) is 4.67. The number of benzene rings is 2. The summed E-state index contributed by atoms with van der Waals surface area (Å²) >= 11 is 6.32. The van der Waals surface area contributed by atoms with Crippen LogP contribution in [0.2, 0.25) is 5.02 Å². The highest BCUT2D eigenvalue weighted by Crippen LogP contribution is 2.23. The monoisotopic (exact) mass is 507 g/mol. The van der Waals surface area contributed by atoms with Crippen LogP contribution in [-0.4, -0.2) is 50.5 Å². The minimum absolute atomic E-state index is 0.0747. The van der Waals surface area contributed by atoms with Gasteiger partial charge in [-0.2, -0.15) is 0 Å². The van der Waals surface area contributed by atoms with Crippen LogP contribution in [0.3, 0.4) is 0 Å². The van der Waals surface area contributed by atoms with Crippen LogP contribution in [-0.2, 0) is 26.2 Å². The van der Waals surface area contributed by atoms with Gasteiger partial charge in [-0.3, -0.25) is 13.9 Å². The molecule has 9 heteroatoms. The second-order valence-electron chi connectivity index (χ2n) is 8.55. The third-order valence-corrected chi connectivity index (χ3v) is 6.98. The number of rotatable bonds is 11. The van der Waals surface area contributed by atoms with Gasteiger partial charge in [0.15, 0.2) is 0 Å². The number of sulfonamides is 1. The van der Waals surface area contributed by atoms with E-state index in [4.69, 9.17) is 11.6 Å². The van der Waals surface area contributed by atoms with Crippen molar-refractivity contribution in [3.05, 3.63) is 64.2 Å². The van der Waals surface area contributed by atoms with Crippen molar-refractivity contribution in [1.29, 1.82) is 0 Å². The summed E-state index contributed by atoms with van der Waals surface area (Å²) in [4.78, 5) is 27.7. The first-order valence-corrected chi connectivity index (χ1v) is 13.5. The maximum Gasteiger partial charge on any atom is 0.244 e. The Morgan fingerprint density at radius 1 is 1.09 bits per heavy atom. The van der Waals surface area contributed by atoms with Crippen LogP contribution in [0.15, 0.2) is 42.5 Å². The molecule has 1 unspecified atom stereocenters. The summed E-state index contributed by atoms with van der Waals surface area (Å²) in [5, 5.41) is 3.32. The highest BCUT2D eigenvalue weighted by Gasteiger charge is 2.30. The van der Waals surface area contributed by atoms with E-state index in [1.807, 2.05) is 26.8 Å². The van der Waals surface area contributed by atoms with Gasteiger partial charge in [-0.1, -0.05) is 49.2 Å². The molecule has 0 aliphatic rings. The Bertz CT molecular complexity index is 1100. The Balaban J connectivity index is 2.39. The number of carbonyl (C=O) groups is 2. The van der Waals surface area contributed by atoms with Gasteiger partial charge >= 0.3 is 0 Å². The minimum atomic E-state index is -3.77. The lowest BCUT2D eigenvalue weighted by molar-refractivity contribution is -0.139. The second-order valence-corrected chi connectivity index (χ2v) is 10.9. The molecular formula is C25H34ClN3O4S. The zero-order valence-corrected chi connectivity index (χ0v) is 22.0. The van der Waals surface area contributed by atoms with Crippen LogP contribution < -0.4 is 9.62 Å². The van der Waals surface area contributed by atoms with E-state index in [2.05, 4.69) is 5.32 Å². The topological polar surface area (TPSA) is 86.8 Å². The van der Waals surface area contributed by atoms with Crippen molar-refractivity contribution in [2.45, 2.75) is 53.1 Å². The Hall–Kier alpha value is -2.58. The van der Waals surface area contributed by atoms with E-state index in [-0.39, 0.29) is 12.5 Å². The van der Waals surface area contributed by atoms with Crippen LogP contribution in [0.1, 0.15) is 43.4 Å². The number of aryl methyl sites for hydroxylation is 2. The summed E-state index contributed by atoms with van der Waals surface area (Å²) in [5.74, 6) is -0.797. The maximum atomic E-state index is 13.5. The predicted molar refractivity (Wildman–Crippen MR) is 137 cm³/mol. The molecule has 34 heavy (non-hydrogen) atoms. The fourth-order valence-electron chi connectivity index (χ4n) is 3.64. The molecule has 2 aromatic rings. The molecule has 0 aromatic heterocycles. The summed E-state index contributed by atoms with van der Waals surface area (Å²) in [7, 11) is -3.77. The number of nitrogens with one attached hydrogen (secondary N) is 1. The van der Waals surface area contributed by atoms with Gasteiger partial charge in [-0.25, -0.2) is 8.42 Å². The largest absolute Gasteiger partial charge is 0.354 e. The molecule has 0 aliphatic carbocycles. The van der Waals surface area contributed by atoms with Gasteiger partial charge in [0.2, 0.25) is 21.8 Å².